The van der Waals surface area contributed by atoms with E-state index in [9.17, 15) is 4.79 Å². The number of nitrogens with zero attached hydrogens (tertiary/aromatic N) is 1. The molecule has 1 aliphatic heterocycles. The third kappa shape index (κ3) is 2.92. The fraction of sp³-hybridized carbons (Fsp3) is 0.462. The van der Waals surface area contributed by atoms with Gasteiger partial charge in [0.1, 0.15) is 5.75 Å². The van der Waals surface area contributed by atoms with Crippen molar-refractivity contribution in [2.24, 2.45) is 0 Å². The average Bonchev–Trinajstić information content (AvgIpc) is 2.88. The fourth-order valence-electron chi connectivity index (χ4n) is 2.06. The Labute approximate surface area is 107 Å². The van der Waals surface area contributed by atoms with Crippen LogP contribution in [0.4, 0.5) is 10.5 Å². The highest BCUT2D eigenvalue weighted by Crippen LogP contribution is 2.16. The van der Waals surface area contributed by atoms with Crippen LogP contribution in [-0.2, 0) is 0 Å². The molecule has 2 rings (SSSR count). The fourth-order valence-corrected chi connectivity index (χ4v) is 2.06. The Morgan fingerprint density at radius 2 is 2.11 bits per heavy atom. The van der Waals surface area contributed by atoms with Gasteiger partial charge in [0.2, 0.25) is 0 Å². The number of hydrogen-bond acceptors (Lipinski definition) is 3. The van der Waals surface area contributed by atoms with Crippen molar-refractivity contribution < 1.29 is 9.53 Å². The largest absolute Gasteiger partial charge is 0.497 e. The maximum Gasteiger partial charge on any atom is 0.321 e. The minimum atomic E-state index is -0.0436. The maximum absolute atomic E-state index is 12.0. The molecule has 18 heavy (non-hydrogen) atoms. The van der Waals surface area contributed by atoms with Gasteiger partial charge < -0.3 is 20.3 Å². The van der Waals surface area contributed by atoms with Crippen LogP contribution in [0.1, 0.15) is 6.42 Å². The van der Waals surface area contributed by atoms with Gasteiger partial charge in [-0.1, -0.05) is 0 Å². The summed E-state index contributed by atoms with van der Waals surface area (Å²) in [6.45, 7) is 1.56. The van der Waals surface area contributed by atoms with Crippen molar-refractivity contribution >= 4 is 11.7 Å². The second-order valence-electron chi connectivity index (χ2n) is 4.38. The van der Waals surface area contributed by atoms with Gasteiger partial charge in [0, 0.05) is 24.8 Å². The molecule has 2 amide bonds. The molecule has 1 heterocycles. The minimum Gasteiger partial charge on any atom is -0.497 e. The van der Waals surface area contributed by atoms with E-state index in [-0.39, 0.29) is 6.03 Å². The Hall–Kier alpha value is -1.75. The number of carbonyl (C=O) groups excluding carboxylic acids is 1. The monoisotopic (exact) mass is 249 g/mol. The lowest BCUT2D eigenvalue weighted by atomic mass is 10.3. The molecular weight excluding hydrogens is 230 g/mol. The summed E-state index contributed by atoms with van der Waals surface area (Å²) in [7, 11) is 3.55. The van der Waals surface area contributed by atoms with Gasteiger partial charge in [-0.2, -0.15) is 0 Å². The molecule has 1 fully saturated rings. The summed E-state index contributed by atoms with van der Waals surface area (Å²) in [5, 5.41) is 6.07. The summed E-state index contributed by atoms with van der Waals surface area (Å²) in [5.41, 5.74) is 0.786. The number of carbonyl (C=O) groups is 1. The topological polar surface area (TPSA) is 53.6 Å². The van der Waals surface area contributed by atoms with Gasteiger partial charge in [-0.25, -0.2) is 4.79 Å². The smallest absolute Gasteiger partial charge is 0.321 e. The number of likely N-dealkylation sites (N-methyl/N-ethyl adjacent to an activating group) is 1. The van der Waals surface area contributed by atoms with Gasteiger partial charge in [-0.05, 0) is 37.7 Å². The molecule has 2 N–H and O–H groups in total. The molecule has 0 bridgehead atoms. The number of benzene rings is 1. The molecule has 0 saturated carbocycles. The number of methoxy groups -OCH3 is 1. The molecule has 1 aromatic rings. The number of likely N-dealkylation sites (tertiary alicyclic amines) is 1. The quantitative estimate of drug-likeness (QED) is 0.854. The molecule has 1 aromatic carbocycles. The number of rotatable bonds is 3. The Kier molecular flexibility index (Phi) is 4.04. The van der Waals surface area contributed by atoms with Crippen LogP contribution >= 0.6 is 0 Å². The summed E-state index contributed by atoms with van der Waals surface area (Å²) in [4.78, 5) is 13.8. The van der Waals surface area contributed by atoms with Gasteiger partial charge in [-0.3, -0.25) is 0 Å². The highest BCUT2D eigenvalue weighted by Gasteiger charge is 2.24. The average molecular weight is 249 g/mol. The first-order valence-electron chi connectivity index (χ1n) is 6.10. The van der Waals surface area contributed by atoms with Crippen molar-refractivity contribution in [1.82, 2.24) is 10.2 Å². The number of ether oxygens (including phenoxy) is 1. The van der Waals surface area contributed by atoms with Crippen LogP contribution < -0.4 is 15.4 Å². The van der Waals surface area contributed by atoms with Gasteiger partial charge in [0.15, 0.2) is 0 Å². The summed E-state index contributed by atoms with van der Waals surface area (Å²) in [5.74, 6) is 0.782. The number of urea groups is 1. The predicted octanol–water partition coefficient (Wildman–Crippen LogP) is 1.52. The van der Waals surface area contributed by atoms with Gasteiger partial charge >= 0.3 is 6.03 Å². The molecule has 1 saturated heterocycles. The number of hydrogen-bond donors (Lipinski definition) is 2. The highest BCUT2D eigenvalue weighted by atomic mass is 16.5. The Morgan fingerprint density at radius 1 is 1.39 bits per heavy atom. The van der Waals surface area contributed by atoms with Crippen LogP contribution in [-0.4, -0.2) is 44.2 Å². The van der Waals surface area contributed by atoms with Crippen LogP contribution in [0.2, 0.25) is 0 Å². The van der Waals surface area contributed by atoms with Crippen LogP contribution in [0.15, 0.2) is 24.3 Å². The van der Waals surface area contributed by atoms with Crippen molar-refractivity contribution in [3.8, 4) is 5.75 Å². The number of amides is 2. The third-order valence-electron chi connectivity index (χ3n) is 3.23. The van der Waals surface area contributed by atoms with Crippen molar-refractivity contribution in [1.29, 1.82) is 0 Å². The van der Waals surface area contributed by atoms with Crippen LogP contribution in [0.5, 0.6) is 5.75 Å². The molecule has 0 spiro atoms. The normalized spacial score (nSPS) is 18.8. The lowest BCUT2D eigenvalue weighted by Crippen LogP contribution is -2.36. The second kappa shape index (κ2) is 5.73. The van der Waals surface area contributed by atoms with Crippen molar-refractivity contribution in [2.45, 2.75) is 12.5 Å². The van der Waals surface area contributed by atoms with E-state index in [1.807, 2.05) is 36.2 Å². The number of nitrogens with one attached hydrogen (secondary N) is 2. The van der Waals surface area contributed by atoms with E-state index in [2.05, 4.69) is 10.6 Å². The number of anilines is 1. The molecule has 5 nitrogen and oxygen atoms in total. The first kappa shape index (κ1) is 12.7. The van der Waals surface area contributed by atoms with E-state index in [4.69, 9.17) is 4.74 Å². The van der Waals surface area contributed by atoms with Gasteiger partial charge in [0.25, 0.3) is 0 Å². The van der Waals surface area contributed by atoms with Crippen LogP contribution in [0, 0.1) is 0 Å². The Morgan fingerprint density at radius 3 is 2.67 bits per heavy atom. The molecule has 0 aromatic heterocycles. The lowest BCUT2D eigenvalue weighted by Gasteiger charge is -2.17. The first-order chi connectivity index (χ1) is 8.72. The Bertz CT molecular complexity index is 405. The highest BCUT2D eigenvalue weighted by molar-refractivity contribution is 5.89. The van der Waals surface area contributed by atoms with E-state index in [1.54, 1.807) is 7.11 Å². The summed E-state index contributed by atoms with van der Waals surface area (Å²) in [6, 6.07) is 7.70. The Balaban J connectivity index is 1.90. The van der Waals surface area contributed by atoms with Gasteiger partial charge in [0.05, 0.1) is 7.11 Å². The molecule has 0 aliphatic carbocycles. The zero-order valence-corrected chi connectivity index (χ0v) is 10.8. The molecule has 1 aliphatic rings. The summed E-state index contributed by atoms with van der Waals surface area (Å²) < 4.78 is 5.07. The molecule has 0 unspecified atom stereocenters. The second-order valence-corrected chi connectivity index (χ2v) is 4.38. The van der Waals surface area contributed by atoms with E-state index >= 15 is 0 Å². The van der Waals surface area contributed by atoms with Crippen molar-refractivity contribution in [2.75, 3.05) is 32.6 Å². The predicted molar refractivity (Wildman–Crippen MR) is 71.1 cm³/mol. The zero-order valence-electron chi connectivity index (χ0n) is 10.8. The van der Waals surface area contributed by atoms with Crippen LogP contribution in [0.25, 0.3) is 0 Å². The molecular formula is C13H19N3O2. The van der Waals surface area contributed by atoms with E-state index in [0.29, 0.717) is 6.04 Å². The standard InChI is InChI=1S/C13H19N3O2/c1-14-11-7-8-16(9-11)13(17)15-10-3-5-12(18-2)6-4-10/h3-6,11,14H,7-9H2,1-2H3,(H,15,17)/t11-/m0/s1. The molecule has 0 radical (unpaired) electrons. The molecule has 1 atom stereocenters. The summed E-state index contributed by atoms with van der Waals surface area (Å²) >= 11 is 0. The first-order valence-corrected chi connectivity index (χ1v) is 6.10. The summed E-state index contributed by atoms with van der Waals surface area (Å²) in [6.07, 6.45) is 1.01. The molecule has 5 heteroatoms. The van der Waals surface area contributed by atoms with E-state index in [1.165, 1.54) is 0 Å². The SMILES string of the molecule is CN[C@H]1CCN(C(=O)Nc2ccc(OC)cc2)C1. The van der Waals surface area contributed by atoms with Crippen LogP contribution in [0.3, 0.4) is 0 Å². The van der Waals surface area contributed by atoms with Crippen molar-refractivity contribution in [3.05, 3.63) is 24.3 Å². The zero-order chi connectivity index (χ0) is 13.0. The third-order valence-corrected chi connectivity index (χ3v) is 3.23. The van der Waals surface area contributed by atoms with Gasteiger partial charge in [-0.15, -0.1) is 0 Å². The molecule has 98 valence electrons. The van der Waals surface area contributed by atoms with E-state index in [0.717, 1.165) is 30.9 Å². The lowest BCUT2D eigenvalue weighted by molar-refractivity contribution is 0.221. The maximum atomic E-state index is 12.0. The van der Waals surface area contributed by atoms with Crippen molar-refractivity contribution in [3.63, 3.8) is 0 Å². The minimum absolute atomic E-state index is 0.0436. The van der Waals surface area contributed by atoms with E-state index < -0.39 is 0 Å².